The Bertz CT molecular complexity index is 461. The molecule has 1 amide bonds. The lowest BCUT2D eigenvalue weighted by Gasteiger charge is -2.32. The molecule has 1 aromatic rings. The molecule has 2 atom stereocenters. The lowest BCUT2D eigenvalue weighted by atomic mass is 10.00. The molecule has 4 nitrogen and oxygen atoms in total. The van der Waals surface area contributed by atoms with Crippen LogP contribution in [0.25, 0.3) is 0 Å². The quantitative estimate of drug-likeness (QED) is 0.849. The van der Waals surface area contributed by atoms with Crippen LogP contribution in [-0.2, 0) is 4.79 Å². The highest BCUT2D eigenvalue weighted by atomic mass is 16.5. The first-order valence-corrected chi connectivity index (χ1v) is 7.19. The van der Waals surface area contributed by atoms with Crippen LogP contribution in [0.5, 0.6) is 11.5 Å². The van der Waals surface area contributed by atoms with Crippen LogP contribution in [-0.4, -0.2) is 37.1 Å². The van der Waals surface area contributed by atoms with Crippen molar-refractivity contribution in [2.24, 2.45) is 5.92 Å². The molecule has 4 heteroatoms. The van der Waals surface area contributed by atoms with Crippen molar-refractivity contribution >= 4 is 5.91 Å². The lowest BCUT2D eigenvalue weighted by Crippen LogP contribution is -2.45. The van der Waals surface area contributed by atoms with E-state index < -0.39 is 6.10 Å². The van der Waals surface area contributed by atoms with Crippen LogP contribution in [0.2, 0.25) is 0 Å². The van der Waals surface area contributed by atoms with Crippen molar-refractivity contribution in [3.05, 3.63) is 24.3 Å². The Morgan fingerprint density at radius 2 is 2.15 bits per heavy atom. The average Bonchev–Trinajstić information content (AvgIpc) is 2.46. The van der Waals surface area contributed by atoms with Crippen molar-refractivity contribution < 1.29 is 14.3 Å². The van der Waals surface area contributed by atoms with Crippen molar-refractivity contribution in [2.45, 2.75) is 32.8 Å². The first-order chi connectivity index (χ1) is 9.60. The van der Waals surface area contributed by atoms with E-state index >= 15 is 0 Å². The van der Waals surface area contributed by atoms with Gasteiger partial charge < -0.3 is 14.4 Å². The molecular formula is C16H23NO3. The zero-order chi connectivity index (χ0) is 14.5. The summed E-state index contributed by atoms with van der Waals surface area (Å²) in [6.07, 6.45) is 1.82. The van der Waals surface area contributed by atoms with Crippen molar-refractivity contribution in [3.63, 3.8) is 0 Å². The van der Waals surface area contributed by atoms with E-state index in [2.05, 4.69) is 6.92 Å². The fourth-order valence-electron chi connectivity index (χ4n) is 2.58. The number of benzene rings is 1. The van der Waals surface area contributed by atoms with Crippen LogP contribution in [0.15, 0.2) is 24.3 Å². The first kappa shape index (κ1) is 14.7. The third-order valence-electron chi connectivity index (χ3n) is 3.67. The SMILES string of the molecule is COc1cccc(O[C@H](C)C(=O)N2CCC[C@H](C)C2)c1. The molecule has 1 aromatic carbocycles. The van der Waals surface area contributed by atoms with Gasteiger partial charge in [-0.05, 0) is 37.8 Å². The van der Waals surface area contributed by atoms with Gasteiger partial charge in [-0.1, -0.05) is 13.0 Å². The second-order valence-electron chi connectivity index (χ2n) is 5.47. The molecule has 0 aromatic heterocycles. The molecular weight excluding hydrogens is 254 g/mol. The molecule has 1 heterocycles. The van der Waals surface area contributed by atoms with Gasteiger partial charge in [0.2, 0.25) is 0 Å². The number of hydrogen-bond acceptors (Lipinski definition) is 3. The Hall–Kier alpha value is -1.71. The highest BCUT2D eigenvalue weighted by Gasteiger charge is 2.26. The highest BCUT2D eigenvalue weighted by Crippen LogP contribution is 2.21. The summed E-state index contributed by atoms with van der Waals surface area (Å²) in [6.45, 7) is 5.67. The predicted octanol–water partition coefficient (Wildman–Crippen LogP) is 2.72. The summed E-state index contributed by atoms with van der Waals surface area (Å²) < 4.78 is 10.9. The molecule has 0 N–H and O–H groups in total. The highest BCUT2D eigenvalue weighted by molar-refractivity contribution is 5.81. The van der Waals surface area contributed by atoms with Crippen molar-refractivity contribution in [2.75, 3.05) is 20.2 Å². The summed E-state index contributed by atoms with van der Waals surface area (Å²) in [5.41, 5.74) is 0. The van der Waals surface area contributed by atoms with Gasteiger partial charge in [-0.15, -0.1) is 0 Å². The molecule has 20 heavy (non-hydrogen) atoms. The number of hydrogen-bond donors (Lipinski definition) is 0. The van der Waals surface area contributed by atoms with E-state index in [0.717, 1.165) is 25.3 Å². The summed E-state index contributed by atoms with van der Waals surface area (Å²) in [6, 6.07) is 7.34. The molecule has 1 aliphatic rings. The van der Waals surface area contributed by atoms with Crippen molar-refractivity contribution in [3.8, 4) is 11.5 Å². The zero-order valence-electron chi connectivity index (χ0n) is 12.5. The molecule has 0 radical (unpaired) electrons. The Morgan fingerprint density at radius 3 is 2.85 bits per heavy atom. The van der Waals surface area contributed by atoms with Gasteiger partial charge in [0.05, 0.1) is 7.11 Å². The maximum Gasteiger partial charge on any atom is 0.263 e. The molecule has 1 saturated heterocycles. The van der Waals surface area contributed by atoms with E-state index in [1.165, 1.54) is 6.42 Å². The summed E-state index contributed by atoms with van der Waals surface area (Å²) >= 11 is 0. The second kappa shape index (κ2) is 6.64. The van der Waals surface area contributed by atoms with Crippen molar-refractivity contribution in [1.29, 1.82) is 0 Å². The topological polar surface area (TPSA) is 38.8 Å². The van der Waals surface area contributed by atoms with Crippen LogP contribution < -0.4 is 9.47 Å². The van der Waals surface area contributed by atoms with Crippen LogP contribution in [0.3, 0.4) is 0 Å². The number of likely N-dealkylation sites (tertiary alicyclic amines) is 1. The standard InChI is InChI=1S/C16H23NO3/c1-12-6-5-9-17(11-12)16(18)13(2)20-15-8-4-7-14(10-15)19-3/h4,7-8,10,12-13H,5-6,9,11H2,1-3H3/t12-,13+/m0/s1. The largest absolute Gasteiger partial charge is 0.497 e. The van der Waals surface area contributed by atoms with Gasteiger partial charge in [-0.3, -0.25) is 4.79 Å². The number of carbonyl (C=O) groups excluding carboxylic acids is 1. The number of carbonyl (C=O) groups is 1. The molecule has 0 saturated carbocycles. The molecule has 1 aliphatic heterocycles. The number of amides is 1. The summed E-state index contributed by atoms with van der Waals surface area (Å²) in [4.78, 5) is 14.3. The minimum atomic E-state index is -0.465. The minimum absolute atomic E-state index is 0.0689. The van der Waals surface area contributed by atoms with E-state index in [0.29, 0.717) is 11.7 Å². The normalized spacial score (nSPS) is 20.4. The van der Waals surface area contributed by atoms with Crippen LogP contribution >= 0.6 is 0 Å². The van der Waals surface area contributed by atoms with Gasteiger partial charge in [0.1, 0.15) is 11.5 Å². The van der Waals surface area contributed by atoms with E-state index in [-0.39, 0.29) is 5.91 Å². The summed E-state index contributed by atoms with van der Waals surface area (Å²) in [5.74, 6) is 2.04. The summed E-state index contributed by atoms with van der Waals surface area (Å²) in [7, 11) is 1.61. The molecule has 0 unspecified atom stereocenters. The molecule has 1 fully saturated rings. The average molecular weight is 277 g/mol. The second-order valence-corrected chi connectivity index (χ2v) is 5.47. The maximum absolute atomic E-state index is 12.4. The summed E-state index contributed by atoms with van der Waals surface area (Å²) in [5, 5.41) is 0. The number of ether oxygens (including phenoxy) is 2. The van der Waals surface area contributed by atoms with Crippen LogP contribution in [0.1, 0.15) is 26.7 Å². The maximum atomic E-state index is 12.4. The van der Waals surface area contributed by atoms with Gasteiger partial charge in [0.25, 0.3) is 5.91 Å². The fraction of sp³-hybridized carbons (Fsp3) is 0.562. The zero-order valence-corrected chi connectivity index (χ0v) is 12.5. The molecule has 110 valence electrons. The smallest absolute Gasteiger partial charge is 0.263 e. The lowest BCUT2D eigenvalue weighted by molar-refractivity contribution is -0.139. The first-order valence-electron chi connectivity index (χ1n) is 7.19. The van der Waals surface area contributed by atoms with Crippen molar-refractivity contribution in [1.82, 2.24) is 4.90 Å². The monoisotopic (exact) mass is 277 g/mol. The van der Waals surface area contributed by atoms with E-state index in [1.807, 2.05) is 23.1 Å². The Morgan fingerprint density at radius 1 is 1.40 bits per heavy atom. The van der Waals surface area contributed by atoms with Gasteiger partial charge in [-0.2, -0.15) is 0 Å². The number of piperidine rings is 1. The Kier molecular flexibility index (Phi) is 4.88. The fourth-order valence-corrected chi connectivity index (χ4v) is 2.58. The van der Waals surface area contributed by atoms with E-state index in [9.17, 15) is 4.79 Å². The predicted molar refractivity (Wildman–Crippen MR) is 78.1 cm³/mol. The third kappa shape index (κ3) is 3.65. The van der Waals surface area contributed by atoms with Gasteiger partial charge in [0.15, 0.2) is 6.10 Å². The number of nitrogens with zero attached hydrogens (tertiary/aromatic N) is 1. The molecule has 2 rings (SSSR count). The molecule has 0 spiro atoms. The van der Waals surface area contributed by atoms with Crippen LogP contribution in [0, 0.1) is 5.92 Å². The van der Waals surface area contributed by atoms with Gasteiger partial charge in [0, 0.05) is 19.2 Å². The Balaban J connectivity index is 1.96. The molecule has 0 aliphatic carbocycles. The van der Waals surface area contributed by atoms with Gasteiger partial charge >= 0.3 is 0 Å². The number of methoxy groups -OCH3 is 1. The number of rotatable bonds is 4. The minimum Gasteiger partial charge on any atom is -0.497 e. The van der Waals surface area contributed by atoms with E-state index in [4.69, 9.17) is 9.47 Å². The van der Waals surface area contributed by atoms with Gasteiger partial charge in [-0.25, -0.2) is 0 Å². The van der Waals surface area contributed by atoms with E-state index in [1.54, 1.807) is 20.1 Å². The Labute approximate surface area is 120 Å². The third-order valence-corrected chi connectivity index (χ3v) is 3.67. The van der Waals surface area contributed by atoms with Crippen LogP contribution in [0.4, 0.5) is 0 Å². The molecule has 0 bridgehead atoms.